The minimum atomic E-state index is -4.63. The lowest BCUT2D eigenvalue weighted by Gasteiger charge is -2.51. The maximum Gasteiger partial charge on any atom is 0.418 e. The smallest absolute Gasteiger partial charge is 0.418 e. The van der Waals surface area contributed by atoms with Crippen LogP contribution in [0.3, 0.4) is 0 Å². The third-order valence-electron chi connectivity index (χ3n) is 5.14. The molecule has 2 aliphatic rings. The lowest BCUT2D eigenvalue weighted by atomic mass is 9.89. The molecule has 9 heteroatoms. The molecule has 2 heterocycles. The van der Waals surface area contributed by atoms with E-state index in [1.807, 2.05) is 0 Å². The van der Waals surface area contributed by atoms with Gasteiger partial charge in [0.1, 0.15) is 5.75 Å². The number of carbonyl (C=O) groups excluding carboxylic acids is 2. The zero-order valence-electron chi connectivity index (χ0n) is 15.5. The molecule has 2 amide bonds. The Morgan fingerprint density at radius 1 is 1.28 bits per heavy atom. The molecular weight excluding hydrogens is 389 g/mol. The Kier molecular flexibility index (Phi) is 4.21. The predicted octanol–water partition coefficient (Wildman–Crippen LogP) is 4.26. The first-order chi connectivity index (χ1) is 13.6. The molecule has 29 heavy (non-hydrogen) atoms. The average Bonchev–Trinajstić information content (AvgIpc) is 2.66. The number of esters is 1. The monoisotopic (exact) mass is 406 g/mol. The van der Waals surface area contributed by atoms with Crippen LogP contribution >= 0.6 is 0 Å². The van der Waals surface area contributed by atoms with Gasteiger partial charge in [-0.2, -0.15) is 13.2 Å². The number of amides is 2. The molecule has 0 aromatic heterocycles. The number of hydrogen-bond donors (Lipinski definition) is 1. The first-order valence-electron chi connectivity index (χ1n) is 8.82. The van der Waals surface area contributed by atoms with Gasteiger partial charge in [0.25, 0.3) is 0 Å². The number of ether oxygens (including phenoxy) is 2. The number of nitrogens with one attached hydrogen (secondary N) is 1. The van der Waals surface area contributed by atoms with E-state index in [9.17, 15) is 22.8 Å². The van der Waals surface area contributed by atoms with Crippen molar-refractivity contribution in [1.82, 2.24) is 5.32 Å². The zero-order valence-corrected chi connectivity index (χ0v) is 15.5. The summed E-state index contributed by atoms with van der Waals surface area (Å²) < 4.78 is 51.3. The molecule has 0 radical (unpaired) electrons. The van der Waals surface area contributed by atoms with Crippen molar-refractivity contribution in [3.05, 3.63) is 59.2 Å². The second kappa shape index (κ2) is 6.40. The molecule has 152 valence electrons. The SMILES string of the molecule is COC(=O)c1ccc2c(c1)[C@H]1C[C@@](C)(O2)N(c2ccccc2C(F)(F)F)C(=O)N1. The molecule has 6 nitrogen and oxygen atoms in total. The third-order valence-corrected chi connectivity index (χ3v) is 5.14. The molecule has 0 saturated carbocycles. The Labute approximate surface area is 164 Å². The van der Waals surface area contributed by atoms with Crippen LogP contribution in [0.5, 0.6) is 5.75 Å². The minimum Gasteiger partial charge on any atom is -0.467 e. The minimum absolute atomic E-state index is 0.197. The largest absolute Gasteiger partial charge is 0.467 e. The Balaban J connectivity index is 1.79. The van der Waals surface area contributed by atoms with Gasteiger partial charge in [-0.15, -0.1) is 0 Å². The quantitative estimate of drug-likeness (QED) is 0.757. The Bertz CT molecular complexity index is 1010. The molecule has 2 aliphatic heterocycles. The van der Waals surface area contributed by atoms with Gasteiger partial charge >= 0.3 is 18.2 Å². The van der Waals surface area contributed by atoms with Crippen LogP contribution in [0.15, 0.2) is 42.5 Å². The van der Waals surface area contributed by atoms with Crippen molar-refractivity contribution in [3.8, 4) is 5.75 Å². The number of halogens is 3. The molecule has 4 rings (SSSR count). The summed E-state index contributed by atoms with van der Waals surface area (Å²) in [4.78, 5) is 25.7. The van der Waals surface area contributed by atoms with Crippen molar-refractivity contribution in [2.45, 2.75) is 31.3 Å². The summed E-state index contributed by atoms with van der Waals surface area (Å²) in [5.41, 5.74) is -1.69. The van der Waals surface area contributed by atoms with Crippen LogP contribution in [0.2, 0.25) is 0 Å². The molecule has 2 atom stereocenters. The lowest BCUT2D eigenvalue weighted by molar-refractivity contribution is -0.137. The average molecular weight is 406 g/mol. The van der Waals surface area contributed by atoms with Gasteiger partial charge in [-0.05, 0) is 37.3 Å². The van der Waals surface area contributed by atoms with E-state index in [2.05, 4.69) is 5.32 Å². The van der Waals surface area contributed by atoms with Gasteiger partial charge < -0.3 is 14.8 Å². The van der Waals surface area contributed by atoms with Crippen LogP contribution in [0.1, 0.15) is 40.9 Å². The van der Waals surface area contributed by atoms with Crippen LogP contribution in [-0.2, 0) is 10.9 Å². The van der Waals surface area contributed by atoms with Crippen LogP contribution in [0.4, 0.5) is 23.7 Å². The Morgan fingerprint density at radius 3 is 2.69 bits per heavy atom. The molecule has 1 saturated heterocycles. The van der Waals surface area contributed by atoms with Gasteiger partial charge in [0.2, 0.25) is 0 Å². The number of anilines is 1. The van der Waals surface area contributed by atoms with E-state index in [0.717, 1.165) is 11.0 Å². The molecule has 0 unspecified atom stereocenters. The molecule has 0 spiro atoms. The van der Waals surface area contributed by atoms with E-state index < -0.39 is 35.5 Å². The number of alkyl halides is 3. The van der Waals surface area contributed by atoms with E-state index in [1.165, 1.54) is 31.4 Å². The van der Waals surface area contributed by atoms with E-state index in [0.29, 0.717) is 11.3 Å². The summed E-state index contributed by atoms with van der Waals surface area (Å²) in [5.74, 6) is -0.158. The first-order valence-corrected chi connectivity index (χ1v) is 8.82. The Morgan fingerprint density at radius 2 is 2.00 bits per heavy atom. The second-order valence-corrected chi connectivity index (χ2v) is 7.08. The second-order valence-electron chi connectivity index (χ2n) is 7.08. The number of para-hydroxylation sites is 1. The zero-order chi connectivity index (χ0) is 21.0. The summed E-state index contributed by atoms with van der Waals surface area (Å²) in [6.45, 7) is 1.57. The van der Waals surface area contributed by atoms with Gasteiger partial charge in [0.05, 0.1) is 30.0 Å². The molecule has 1 fully saturated rings. The van der Waals surface area contributed by atoms with E-state index in [4.69, 9.17) is 9.47 Å². The number of hydrogen-bond acceptors (Lipinski definition) is 4. The highest BCUT2D eigenvalue weighted by Gasteiger charge is 2.51. The number of rotatable bonds is 2. The number of nitrogens with zero attached hydrogens (tertiary/aromatic N) is 1. The van der Waals surface area contributed by atoms with Crippen LogP contribution in [0, 0.1) is 0 Å². The number of urea groups is 1. The topological polar surface area (TPSA) is 67.9 Å². The van der Waals surface area contributed by atoms with E-state index >= 15 is 0 Å². The molecule has 2 aromatic carbocycles. The highest BCUT2D eigenvalue weighted by Crippen LogP contribution is 2.48. The third kappa shape index (κ3) is 3.06. The number of methoxy groups -OCH3 is 1. The summed E-state index contributed by atoms with van der Waals surface area (Å²) in [6.07, 6.45) is -4.44. The summed E-state index contributed by atoms with van der Waals surface area (Å²) in [6, 6.07) is 8.26. The summed E-state index contributed by atoms with van der Waals surface area (Å²) in [5, 5.41) is 2.73. The van der Waals surface area contributed by atoms with Gasteiger partial charge in [0.15, 0.2) is 5.72 Å². The molecule has 2 bridgehead atoms. The van der Waals surface area contributed by atoms with Crippen molar-refractivity contribution in [3.63, 3.8) is 0 Å². The number of carbonyl (C=O) groups is 2. The van der Waals surface area contributed by atoms with Crippen LogP contribution in [0.25, 0.3) is 0 Å². The van der Waals surface area contributed by atoms with Gasteiger partial charge in [-0.1, -0.05) is 12.1 Å². The predicted molar refractivity (Wildman–Crippen MR) is 96.6 cm³/mol. The standard InChI is InChI=1S/C20H17F3N2O4/c1-19-10-14(12-9-11(17(26)28-2)7-8-16(12)29-19)24-18(27)25(19)15-6-4-3-5-13(15)20(21,22)23/h3-9,14H,10H2,1-2H3,(H,24,27)/t14-,19-/m1/s1. The Hall–Kier alpha value is -3.23. The summed E-state index contributed by atoms with van der Waals surface area (Å²) in [7, 11) is 1.26. The van der Waals surface area contributed by atoms with Crippen LogP contribution < -0.4 is 15.0 Å². The normalized spacial score (nSPS) is 23.0. The van der Waals surface area contributed by atoms with Crippen molar-refractivity contribution in [1.29, 1.82) is 0 Å². The number of fused-ring (bicyclic) bond motifs is 4. The van der Waals surface area contributed by atoms with Gasteiger partial charge in [-0.3, -0.25) is 4.90 Å². The van der Waals surface area contributed by atoms with Gasteiger partial charge in [-0.25, -0.2) is 9.59 Å². The van der Waals surface area contributed by atoms with Gasteiger partial charge in [0, 0.05) is 12.0 Å². The lowest BCUT2D eigenvalue weighted by Crippen LogP contribution is -2.65. The molecular formula is C20H17F3N2O4. The fourth-order valence-electron chi connectivity index (χ4n) is 3.89. The summed E-state index contributed by atoms with van der Waals surface area (Å²) >= 11 is 0. The number of benzene rings is 2. The molecule has 0 aliphatic carbocycles. The van der Waals surface area contributed by atoms with E-state index in [-0.39, 0.29) is 17.7 Å². The van der Waals surface area contributed by atoms with Crippen molar-refractivity contribution in [2.75, 3.05) is 12.0 Å². The van der Waals surface area contributed by atoms with Crippen molar-refractivity contribution in [2.24, 2.45) is 0 Å². The first kappa shape index (κ1) is 19.1. The van der Waals surface area contributed by atoms with E-state index in [1.54, 1.807) is 19.1 Å². The molecule has 1 N–H and O–H groups in total. The maximum atomic E-state index is 13.5. The fourth-order valence-corrected chi connectivity index (χ4v) is 3.89. The highest BCUT2D eigenvalue weighted by atomic mass is 19.4. The van der Waals surface area contributed by atoms with Crippen LogP contribution in [-0.4, -0.2) is 24.8 Å². The fraction of sp³-hybridized carbons (Fsp3) is 0.300. The van der Waals surface area contributed by atoms with Crippen molar-refractivity contribution < 1.29 is 32.2 Å². The maximum absolute atomic E-state index is 13.5. The van der Waals surface area contributed by atoms with Crippen molar-refractivity contribution >= 4 is 17.7 Å². The molecule has 2 aromatic rings. The highest BCUT2D eigenvalue weighted by molar-refractivity contribution is 5.96.